The van der Waals surface area contributed by atoms with Crippen molar-refractivity contribution >= 4 is 12.0 Å². The van der Waals surface area contributed by atoms with E-state index in [1.165, 1.54) is 0 Å². The minimum absolute atomic E-state index is 0.0507. The highest BCUT2D eigenvalue weighted by Crippen LogP contribution is 2.16. The average Bonchev–Trinajstić information content (AvgIpc) is 2.12. The largest absolute Gasteiger partial charge is 0.480 e. The zero-order valence-electron chi connectivity index (χ0n) is 10.0. The summed E-state index contributed by atoms with van der Waals surface area (Å²) >= 11 is 0. The molecule has 0 atom stereocenters. The van der Waals surface area contributed by atoms with Gasteiger partial charge in [0.15, 0.2) is 0 Å². The first-order valence-electron chi connectivity index (χ1n) is 5.06. The fraction of sp³-hybridized carbons (Fsp3) is 0.600. The lowest BCUT2D eigenvalue weighted by Crippen LogP contribution is -2.47. The summed E-state index contributed by atoms with van der Waals surface area (Å²) in [6.45, 7) is 0.975. The molecule has 5 nitrogen and oxygen atoms in total. The van der Waals surface area contributed by atoms with Crippen LogP contribution >= 0.6 is 0 Å². The molecule has 0 bridgehead atoms. The molecular formula is C10H15F3N2O3. The van der Waals surface area contributed by atoms with Crippen LogP contribution in [0.15, 0.2) is 11.6 Å². The fourth-order valence-electron chi connectivity index (χ4n) is 1.03. The molecule has 0 fully saturated rings. The number of nitrogens with zero attached hydrogens (tertiary/aromatic N) is 1. The van der Waals surface area contributed by atoms with Crippen LogP contribution in [-0.2, 0) is 4.79 Å². The summed E-state index contributed by atoms with van der Waals surface area (Å²) in [5.41, 5.74) is 0.885. The van der Waals surface area contributed by atoms with Crippen LogP contribution in [0, 0.1) is 0 Å². The summed E-state index contributed by atoms with van der Waals surface area (Å²) in [6.07, 6.45) is -3.03. The number of carboxylic acid groups (broad SMARTS) is 1. The maximum Gasteiger partial charge on any atom is 0.406 e. The molecule has 0 unspecified atom stereocenters. The predicted molar refractivity (Wildman–Crippen MR) is 58.1 cm³/mol. The minimum atomic E-state index is -4.64. The zero-order valence-corrected chi connectivity index (χ0v) is 10.0. The number of carbonyl (C=O) groups is 2. The number of carbonyl (C=O) groups excluding carboxylic acids is 1. The lowest BCUT2D eigenvalue weighted by atomic mass is 10.3. The molecule has 0 aliphatic carbocycles. The molecule has 18 heavy (non-hydrogen) atoms. The Labute approximate surface area is 102 Å². The molecule has 2 N–H and O–H groups in total. The van der Waals surface area contributed by atoms with Gasteiger partial charge in [0.1, 0.15) is 13.1 Å². The van der Waals surface area contributed by atoms with Gasteiger partial charge in [0.25, 0.3) is 0 Å². The van der Waals surface area contributed by atoms with Crippen LogP contribution in [0.5, 0.6) is 0 Å². The second kappa shape index (κ2) is 6.87. The zero-order chi connectivity index (χ0) is 14.3. The maximum atomic E-state index is 12.1. The first-order chi connectivity index (χ1) is 8.11. The third-order valence-electron chi connectivity index (χ3n) is 1.75. The van der Waals surface area contributed by atoms with E-state index in [2.05, 4.69) is 5.32 Å². The molecule has 2 amide bonds. The van der Waals surface area contributed by atoms with Gasteiger partial charge in [-0.1, -0.05) is 11.6 Å². The molecule has 104 valence electrons. The molecule has 0 heterocycles. The molecule has 0 aromatic rings. The van der Waals surface area contributed by atoms with E-state index < -0.39 is 31.3 Å². The van der Waals surface area contributed by atoms with Crippen LogP contribution in [0.2, 0.25) is 0 Å². The maximum absolute atomic E-state index is 12.1. The monoisotopic (exact) mass is 268 g/mol. The van der Waals surface area contributed by atoms with Crippen LogP contribution in [0.4, 0.5) is 18.0 Å². The summed E-state index contributed by atoms with van der Waals surface area (Å²) in [5.74, 6) is -1.50. The number of aliphatic carboxylic acids is 1. The van der Waals surface area contributed by atoms with E-state index in [9.17, 15) is 22.8 Å². The molecule has 0 rings (SSSR count). The molecule has 0 aromatic heterocycles. The van der Waals surface area contributed by atoms with Crippen LogP contribution in [-0.4, -0.2) is 47.8 Å². The van der Waals surface area contributed by atoms with E-state index in [4.69, 9.17) is 5.11 Å². The number of allylic oxidation sites excluding steroid dienone is 1. The number of halogens is 3. The SMILES string of the molecule is CC(C)=CCNC(=O)N(CC(=O)O)CC(F)(F)F. The van der Waals surface area contributed by atoms with E-state index in [0.29, 0.717) is 0 Å². The minimum Gasteiger partial charge on any atom is -0.480 e. The first-order valence-corrected chi connectivity index (χ1v) is 5.06. The van der Waals surface area contributed by atoms with Gasteiger partial charge in [-0.25, -0.2) is 4.79 Å². The highest BCUT2D eigenvalue weighted by Gasteiger charge is 2.33. The van der Waals surface area contributed by atoms with Gasteiger partial charge in [-0.05, 0) is 13.8 Å². The number of nitrogens with one attached hydrogen (secondary N) is 1. The Morgan fingerprint density at radius 2 is 1.89 bits per heavy atom. The van der Waals surface area contributed by atoms with Gasteiger partial charge in [-0.2, -0.15) is 13.2 Å². The number of carboxylic acids is 1. The van der Waals surface area contributed by atoms with Gasteiger partial charge < -0.3 is 15.3 Å². The van der Waals surface area contributed by atoms with E-state index in [1.54, 1.807) is 19.9 Å². The van der Waals surface area contributed by atoms with Crippen molar-refractivity contribution < 1.29 is 27.9 Å². The molecule has 0 saturated heterocycles. The summed E-state index contributed by atoms with van der Waals surface area (Å²) in [5, 5.41) is 10.6. The molecule has 0 saturated carbocycles. The Hall–Kier alpha value is -1.73. The van der Waals surface area contributed by atoms with Crippen molar-refractivity contribution in [2.24, 2.45) is 0 Å². The van der Waals surface area contributed by atoms with E-state index in [-0.39, 0.29) is 11.4 Å². The Morgan fingerprint density at radius 1 is 1.33 bits per heavy atom. The van der Waals surface area contributed by atoms with Gasteiger partial charge in [0, 0.05) is 6.54 Å². The van der Waals surface area contributed by atoms with Crippen molar-refractivity contribution in [3.8, 4) is 0 Å². The number of rotatable bonds is 5. The van der Waals surface area contributed by atoms with Crippen molar-refractivity contribution in [1.29, 1.82) is 0 Å². The van der Waals surface area contributed by atoms with Crippen LogP contribution < -0.4 is 5.32 Å². The normalized spacial score (nSPS) is 10.7. The van der Waals surface area contributed by atoms with Crippen molar-refractivity contribution in [3.63, 3.8) is 0 Å². The Morgan fingerprint density at radius 3 is 2.28 bits per heavy atom. The predicted octanol–water partition coefficient (Wildman–Crippen LogP) is 1.61. The standard InChI is InChI=1S/C10H15F3N2O3/c1-7(2)3-4-14-9(18)15(5-8(16)17)6-10(11,12)13/h3H,4-6H2,1-2H3,(H,14,18)(H,16,17). The number of alkyl halides is 3. The highest BCUT2D eigenvalue weighted by molar-refractivity contribution is 5.80. The number of amides is 2. The van der Waals surface area contributed by atoms with Gasteiger partial charge in [0.05, 0.1) is 0 Å². The topological polar surface area (TPSA) is 69.6 Å². The lowest BCUT2D eigenvalue weighted by molar-refractivity contribution is -0.148. The lowest BCUT2D eigenvalue weighted by Gasteiger charge is -2.22. The molecule has 0 radical (unpaired) electrons. The van der Waals surface area contributed by atoms with Crippen molar-refractivity contribution in [3.05, 3.63) is 11.6 Å². The van der Waals surface area contributed by atoms with Gasteiger partial charge in [0.2, 0.25) is 0 Å². The number of urea groups is 1. The molecular weight excluding hydrogens is 253 g/mol. The highest BCUT2D eigenvalue weighted by atomic mass is 19.4. The van der Waals surface area contributed by atoms with Crippen LogP contribution in [0.25, 0.3) is 0 Å². The Balaban J connectivity index is 4.50. The van der Waals surface area contributed by atoms with Crippen molar-refractivity contribution in [2.75, 3.05) is 19.6 Å². The molecule has 8 heteroatoms. The summed E-state index contributed by atoms with van der Waals surface area (Å²) in [6, 6.07) is -1.06. The van der Waals surface area contributed by atoms with Gasteiger partial charge in [-0.15, -0.1) is 0 Å². The average molecular weight is 268 g/mol. The summed E-state index contributed by atoms with van der Waals surface area (Å²) < 4.78 is 36.4. The molecule has 0 aromatic carbocycles. The Bertz CT molecular complexity index is 336. The summed E-state index contributed by atoms with van der Waals surface area (Å²) in [7, 11) is 0. The third-order valence-corrected chi connectivity index (χ3v) is 1.75. The second-order valence-electron chi connectivity index (χ2n) is 3.83. The van der Waals surface area contributed by atoms with Crippen LogP contribution in [0.3, 0.4) is 0 Å². The molecule has 0 aliphatic rings. The fourth-order valence-corrected chi connectivity index (χ4v) is 1.03. The summed E-state index contributed by atoms with van der Waals surface area (Å²) in [4.78, 5) is 21.9. The van der Waals surface area contributed by atoms with Gasteiger partial charge >= 0.3 is 18.2 Å². The number of hydrogen-bond donors (Lipinski definition) is 2. The second-order valence-corrected chi connectivity index (χ2v) is 3.83. The van der Waals surface area contributed by atoms with E-state index >= 15 is 0 Å². The smallest absolute Gasteiger partial charge is 0.406 e. The van der Waals surface area contributed by atoms with Crippen molar-refractivity contribution in [1.82, 2.24) is 10.2 Å². The number of hydrogen-bond acceptors (Lipinski definition) is 2. The van der Waals surface area contributed by atoms with Crippen LogP contribution in [0.1, 0.15) is 13.8 Å². The quantitative estimate of drug-likeness (QED) is 0.744. The Kier molecular flexibility index (Phi) is 6.21. The van der Waals surface area contributed by atoms with E-state index in [0.717, 1.165) is 5.57 Å². The third kappa shape index (κ3) is 8.43. The first kappa shape index (κ1) is 16.3. The molecule has 0 spiro atoms. The van der Waals surface area contributed by atoms with Gasteiger partial charge in [-0.3, -0.25) is 4.79 Å². The van der Waals surface area contributed by atoms with Crippen molar-refractivity contribution in [2.45, 2.75) is 20.0 Å². The van der Waals surface area contributed by atoms with E-state index in [1.807, 2.05) is 0 Å². The molecule has 0 aliphatic heterocycles.